The van der Waals surface area contributed by atoms with Crippen LogP contribution in [-0.4, -0.2) is 47.6 Å². The number of imidazole rings is 1. The number of aryl methyl sites for hydroxylation is 1. The number of para-hydroxylation sites is 1. The highest BCUT2D eigenvalue weighted by molar-refractivity contribution is 5.72. The Kier molecular flexibility index (Phi) is 4.42. The van der Waals surface area contributed by atoms with Gasteiger partial charge >= 0.3 is 0 Å². The van der Waals surface area contributed by atoms with Crippen molar-refractivity contribution >= 4 is 5.65 Å². The third-order valence-corrected chi connectivity index (χ3v) is 4.83. The first kappa shape index (κ1) is 16.1. The van der Waals surface area contributed by atoms with Crippen LogP contribution in [0.3, 0.4) is 0 Å². The lowest BCUT2D eigenvalue weighted by Gasteiger charge is -2.27. The Labute approximate surface area is 148 Å². The van der Waals surface area contributed by atoms with Crippen LogP contribution in [0, 0.1) is 6.92 Å². The molecule has 0 saturated carbocycles. The SMILES string of the molecule is COc1ccccc1-c1nc2cc(C)ccn2c1CN1CCNCC1. The lowest BCUT2D eigenvalue weighted by molar-refractivity contribution is 0.230. The molecule has 0 atom stereocenters. The number of pyridine rings is 1. The predicted octanol–water partition coefficient (Wildman–Crippen LogP) is 2.72. The molecule has 25 heavy (non-hydrogen) atoms. The maximum absolute atomic E-state index is 5.59. The molecule has 1 N–H and O–H groups in total. The second-order valence-corrected chi connectivity index (χ2v) is 6.57. The molecule has 0 spiro atoms. The Balaban J connectivity index is 1.85. The summed E-state index contributed by atoms with van der Waals surface area (Å²) in [5, 5.41) is 3.42. The van der Waals surface area contributed by atoms with E-state index in [1.165, 1.54) is 11.3 Å². The molecular weight excluding hydrogens is 312 g/mol. The quantitative estimate of drug-likeness (QED) is 0.795. The van der Waals surface area contributed by atoms with Gasteiger partial charge in [0, 0.05) is 44.5 Å². The van der Waals surface area contributed by atoms with E-state index >= 15 is 0 Å². The first-order valence-electron chi connectivity index (χ1n) is 8.80. The van der Waals surface area contributed by atoms with Crippen molar-refractivity contribution in [1.82, 2.24) is 19.6 Å². The summed E-state index contributed by atoms with van der Waals surface area (Å²) in [6.45, 7) is 7.20. The minimum atomic E-state index is 0.865. The van der Waals surface area contributed by atoms with E-state index in [-0.39, 0.29) is 0 Å². The number of nitrogens with one attached hydrogen (secondary N) is 1. The normalized spacial score (nSPS) is 15.6. The van der Waals surface area contributed by atoms with E-state index in [2.05, 4.69) is 45.9 Å². The summed E-state index contributed by atoms with van der Waals surface area (Å²) in [6.07, 6.45) is 2.13. The summed E-state index contributed by atoms with van der Waals surface area (Å²) in [4.78, 5) is 7.44. The minimum absolute atomic E-state index is 0.865. The van der Waals surface area contributed by atoms with Crippen LogP contribution in [0.1, 0.15) is 11.3 Å². The molecule has 1 aliphatic heterocycles. The highest BCUT2D eigenvalue weighted by atomic mass is 16.5. The van der Waals surface area contributed by atoms with Crippen LogP contribution >= 0.6 is 0 Å². The molecule has 130 valence electrons. The Morgan fingerprint density at radius 1 is 1.16 bits per heavy atom. The number of ether oxygens (including phenoxy) is 1. The molecule has 3 heterocycles. The maximum Gasteiger partial charge on any atom is 0.137 e. The lowest BCUT2D eigenvalue weighted by Crippen LogP contribution is -2.43. The zero-order valence-corrected chi connectivity index (χ0v) is 14.8. The Morgan fingerprint density at radius 2 is 1.96 bits per heavy atom. The predicted molar refractivity (Wildman–Crippen MR) is 100 cm³/mol. The van der Waals surface area contributed by atoms with E-state index in [4.69, 9.17) is 9.72 Å². The summed E-state index contributed by atoms with van der Waals surface area (Å²) in [5.41, 5.74) is 5.50. The van der Waals surface area contributed by atoms with Crippen LogP contribution in [0.4, 0.5) is 0 Å². The van der Waals surface area contributed by atoms with Crippen molar-refractivity contribution in [3.8, 4) is 17.0 Å². The van der Waals surface area contributed by atoms with Gasteiger partial charge in [-0.1, -0.05) is 12.1 Å². The lowest BCUT2D eigenvalue weighted by atomic mass is 10.1. The van der Waals surface area contributed by atoms with Crippen LogP contribution < -0.4 is 10.1 Å². The van der Waals surface area contributed by atoms with Crippen molar-refractivity contribution in [2.75, 3.05) is 33.3 Å². The average Bonchev–Trinajstić information content (AvgIpc) is 3.00. The van der Waals surface area contributed by atoms with Crippen LogP contribution in [0.25, 0.3) is 16.9 Å². The smallest absolute Gasteiger partial charge is 0.137 e. The number of hydrogen-bond donors (Lipinski definition) is 1. The van der Waals surface area contributed by atoms with Gasteiger partial charge in [0.05, 0.1) is 18.5 Å². The van der Waals surface area contributed by atoms with E-state index in [9.17, 15) is 0 Å². The van der Waals surface area contributed by atoms with Gasteiger partial charge in [0.25, 0.3) is 0 Å². The number of aromatic nitrogens is 2. The first-order valence-corrected chi connectivity index (χ1v) is 8.80. The van der Waals surface area contributed by atoms with Gasteiger partial charge in [-0.05, 0) is 36.8 Å². The summed E-state index contributed by atoms with van der Waals surface area (Å²) in [5.74, 6) is 0.865. The number of benzene rings is 1. The van der Waals surface area contributed by atoms with Gasteiger partial charge in [-0.15, -0.1) is 0 Å². The molecule has 0 amide bonds. The average molecular weight is 336 g/mol. The van der Waals surface area contributed by atoms with Crippen molar-refractivity contribution in [2.45, 2.75) is 13.5 Å². The first-order chi connectivity index (χ1) is 12.3. The van der Waals surface area contributed by atoms with Crippen LogP contribution in [0.5, 0.6) is 5.75 Å². The van der Waals surface area contributed by atoms with E-state index in [0.29, 0.717) is 0 Å². The molecular formula is C20H24N4O. The molecule has 3 aromatic rings. The van der Waals surface area contributed by atoms with Gasteiger partial charge < -0.3 is 14.5 Å². The van der Waals surface area contributed by atoms with E-state index in [1.807, 2.05) is 18.2 Å². The van der Waals surface area contributed by atoms with Crippen LogP contribution in [-0.2, 0) is 6.54 Å². The summed E-state index contributed by atoms with van der Waals surface area (Å²) in [6, 6.07) is 12.4. The molecule has 0 radical (unpaired) electrons. The van der Waals surface area contributed by atoms with Crippen molar-refractivity contribution in [3.63, 3.8) is 0 Å². The molecule has 5 nitrogen and oxygen atoms in total. The molecule has 5 heteroatoms. The fourth-order valence-corrected chi connectivity index (χ4v) is 3.49. The summed E-state index contributed by atoms with van der Waals surface area (Å²) in [7, 11) is 1.72. The molecule has 1 fully saturated rings. The molecule has 1 saturated heterocycles. The van der Waals surface area contributed by atoms with Gasteiger partial charge in [-0.25, -0.2) is 4.98 Å². The second kappa shape index (κ2) is 6.86. The standard InChI is InChI=1S/C20H24N4O/c1-15-7-10-24-17(14-23-11-8-21-9-12-23)20(22-19(24)13-15)16-5-3-4-6-18(16)25-2/h3-7,10,13,21H,8-9,11-12,14H2,1-2H3. The molecule has 2 aromatic heterocycles. The fraction of sp³-hybridized carbons (Fsp3) is 0.350. The number of fused-ring (bicyclic) bond motifs is 1. The van der Waals surface area contributed by atoms with Gasteiger partial charge in [0.15, 0.2) is 0 Å². The zero-order valence-electron chi connectivity index (χ0n) is 14.8. The number of rotatable bonds is 4. The van der Waals surface area contributed by atoms with Gasteiger partial charge in [-0.2, -0.15) is 0 Å². The molecule has 0 aliphatic carbocycles. The van der Waals surface area contributed by atoms with Crippen molar-refractivity contribution in [1.29, 1.82) is 0 Å². The molecule has 0 bridgehead atoms. The van der Waals surface area contributed by atoms with E-state index in [0.717, 1.165) is 55.4 Å². The number of nitrogens with zero attached hydrogens (tertiary/aromatic N) is 3. The third-order valence-electron chi connectivity index (χ3n) is 4.83. The summed E-state index contributed by atoms with van der Waals surface area (Å²) < 4.78 is 7.81. The second-order valence-electron chi connectivity index (χ2n) is 6.57. The monoisotopic (exact) mass is 336 g/mol. The molecule has 1 aromatic carbocycles. The van der Waals surface area contributed by atoms with Crippen LogP contribution in [0.15, 0.2) is 42.6 Å². The number of hydrogen-bond acceptors (Lipinski definition) is 4. The minimum Gasteiger partial charge on any atom is -0.496 e. The third kappa shape index (κ3) is 3.13. The largest absolute Gasteiger partial charge is 0.496 e. The fourth-order valence-electron chi connectivity index (χ4n) is 3.49. The van der Waals surface area contributed by atoms with Crippen LogP contribution in [0.2, 0.25) is 0 Å². The van der Waals surface area contributed by atoms with Gasteiger partial charge in [0.1, 0.15) is 11.4 Å². The Hall–Kier alpha value is -2.37. The Morgan fingerprint density at radius 3 is 2.76 bits per heavy atom. The highest BCUT2D eigenvalue weighted by Crippen LogP contribution is 2.33. The van der Waals surface area contributed by atoms with Gasteiger partial charge in [0.2, 0.25) is 0 Å². The van der Waals surface area contributed by atoms with Crippen molar-refractivity contribution in [3.05, 3.63) is 53.9 Å². The molecule has 0 unspecified atom stereocenters. The van der Waals surface area contributed by atoms with E-state index < -0.39 is 0 Å². The maximum atomic E-state index is 5.59. The van der Waals surface area contributed by atoms with Crippen molar-refractivity contribution < 1.29 is 4.74 Å². The summed E-state index contributed by atoms with van der Waals surface area (Å²) >= 11 is 0. The number of methoxy groups -OCH3 is 1. The van der Waals surface area contributed by atoms with Gasteiger partial charge in [-0.3, -0.25) is 4.90 Å². The zero-order chi connectivity index (χ0) is 17.2. The molecule has 1 aliphatic rings. The number of piperazine rings is 1. The van der Waals surface area contributed by atoms with Crippen molar-refractivity contribution in [2.24, 2.45) is 0 Å². The topological polar surface area (TPSA) is 41.8 Å². The Bertz CT molecular complexity index is 881. The molecule has 4 rings (SSSR count). The van der Waals surface area contributed by atoms with E-state index in [1.54, 1.807) is 7.11 Å². The highest BCUT2D eigenvalue weighted by Gasteiger charge is 2.20.